The number of ether oxygens (including phenoxy) is 3. The normalized spacial score (nSPS) is 17.5. The van der Waals surface area contributed by atoms with Crippen LogP contribution in [0.2, 0.25) is 5.02 Å². The number of methoxy groups -OCH3 is 1. The molecule has 0 aliphatic carbocycles. The molecule has 1 aliphatic heterocycles. The fourth-order valence-electron chi connectivity index (χ4n) is 2.44. The molecular weight excluding hydrogens is 330 g/mol. The summed E-state index contributed by atoms with van der Waals surface area (Å²) < 4.78 is 16.5. The Labute approximate surface area is 147 Å². The number of carbonyl (C=O) groups is 1. The Morgan fingerprint density at radius 2 is 2.29 bits per heavy atom. The van der Waals surface area contributed by atoms with Crippen LogP contribution in [0, 0.1) is 0 Å². The minimum absolute atomic E-state index is 0.0126. The SMILES string of the molecule is COc1cc(/C=C/C(=O)NCC2CCCO2)cc(Cl)c1OC(C)C. The summed E-state index contributed by atoms with van der Waals surface area (Å²) in [7, 11) is 1.56. The van der Waals surface area contributed by atoms with E-state index in [0.717, 1.165) is 25.0 Å². The van der Waals surface area contributed by atoms with E-state index in [9.17, 15) is 4.79 Å². The third-order valence-corrected chi connectivity index (χ3v) is 3.84. The second-order valence-corrected chi connectivity index (χ2v) is 6.32. The van der Waals surface area contributed by atoms with Gasteiger partial charge in [0.1, 0.15) is 0 Å². The number of hydrogen-bond donors (Lipinski definition) is 1. The first-order valence-electron chi connectivity index (χ1n) is 8.11. The van der Waals surface area contributed by atoms with Gasteiger partial charge in [-0.25, -0.2) is 0 Å². The van der Waals surface area contributed by atoms with Crippen molar-refractivity contribution in [2.45, 2.75) is 38.9 Å². The molecule has 1 amide bonds. The summed E-state index contributed by atoms with van der Waals surface area (Å²) in [5.41, 5.74) is 0.764. The Bertz CT molecular complexity index is 595. The van der Waals surface area contributed by atoms with E-state index in [2.05, 4.69) is 5.32 Å². The molecule has 0 saturated carbocycles. The molecule has 2 rings (SSSR count). The number of halogens is 1. The first-order chi connectivity index (χ1) is 11.5. The van der Waals surface area contributed by atoms with Crippen molar-refractivity contribution in [3.05, 3.63) is 28.8 Å². The fourth-order valence-corrected chi connectivity index (χ4v) is 2.70. The van der Waals surface area contributed by atoms with Gasteiger partial charge in [-0.05, 0) is 50.5 Å². The van der Waals surface area contributed by atoms with E-state index >= 15 is 0 Å². The van der Waals surface area contributed by atoms with E-state index in [1.165, 1.54) is 6.08 Å². The van der Waals surface area contributed by atoms with Crippen LogP contribution in [0.5, 0.6) is 11.5 Å². The van der Waals surface area contributed by atoms with Gasteiger partial charge in [0.2, 0.25) is 5.91 Å². The van der Waals surface area contributed by atoms with Crippen molar-refractivity contribution in [3.8, 4) is 11.5 Å². The molecule has 0 radical (unpaired) electrons. The Morgan fingerprint density at radius 1 is 1.50 bits per heavy atom. The van der Waals surface area contributed by atoms with Gasteiger partial charge in [-0.2, -0.15) is 0 Å². The maximum atomic E-state index is 11.9. The van der Waals surface area contributed by atoms with Crippen LogP contribution in [0.1, 0.15) is 32.3 Å². The van der Waals surface area contributed by atoms with Crippen molar-refractivity contribution in [1.29, 1.82) is 0 Å². The minimum Gasteiger partial charge on any atom is -0.493 e. The quantitative estimate of drug-likeness (QED) is 0.763. The number of benzene rings is 1. The van der Waals surface area contributed by atoms with Gasteiger partial charge in [0.25, 0.3) is 0 Å². The van der Waals surface area contributed by atoms with Crippen molar-refractivity contribution in [2.24, 2.45) is 0 Å². The van der Waals surface area contributed by atoms with Gasteiger partial charge in [0.05, 0.1) is 24.3 Å². The maximum Gasteiger partial charge on any atom is 0.244 e. The molecule has 1 saturated heterocycles. The van der Waals surface area contributed by atoms with Gasteiger partial charge in [-0.1, -0.05) is 11.6 Å². The van der Waals surface area contributed by atoms with Crippen molar-refractivity contribution < 1.29 is 19.0 Å². The van der Waals surface area contributed by atoms with Crippen molar-refractivity contribution in [1.82, 2.24) is 5.32 Å². The summed E-state index contributed by atoms with van der Waals surface area (Å²) in [4.78, 5) is 11.9. The van der Waals surface area contributed by atoms with Crippen LogP contribution >= 0.6 is 11.6 Å². The topological polar surface area (TPSA) is 56.8 Å². The van der Waals surface area contributed by atoms with Crippen LogP contribution in [0.25, 0.3) is 6.08 Å². The summed E-state index contributed by atoms with van der Waals surface area (Å²) in [6.45, 7) is 5.15. The van der Waals surface area contributed by atoms with Gasteiger partial charge in [-0.15, -0.1) is 0 Å². The predicted molar refractivity (Wildman–Crippen MR) is 94.8 cm³/mol. The average molecular weight is 354 g/mol. The van der Waals surface area contributed by atoms with E-state index in [-0.39, 0.29) is 18.1 Å². The van der Waals surface area contributed by atoms with Crippen LogP contribution < -0.4 is 14.8 Å². The van der Waals surface area contributed by atoms with Crippen molar-refractivity contribution in [2.75, 3.05) is 20.3 Å². The van der Waals surface area contributed by atoms with E-state index in [0.29, 0.717) is 23.1 Å². The van der Waals surface area contributed by atoms with Crippen LogP contribution in [-0.2, 0) is 9.53 Å². The van der Waals surface area contributed by atoms with Gasteiger partial charge in [0, 0.05) is 19.2 Å². The van der Waals surface area contributed by atoms with Crippen LogP contribution in [0.15, 0.2) is 18.2 Å². The molecular formula is C18H24ClNO4. The number of hydrogen-bond acceptors (Lipinski definition) is 4. The van der Waals surface area contributed by atoms with E-state index in [4.69, 9.17) is 25.8 Å². The molecule has 5 nitrogen and oxygen atoms in total. The molecule has 1 fully saturated rings. The summed E-state index contributed by atoms with van der Waals surface area (Å²) in [5.74, 6) is 0.882. The Kier molecular flexibility index (Phi) is 6.94. The maximum absolute atomic E-state index is 11.9. The van der Waals surface area contributed by atoms with Gasteiger partial charge >= 0.3 is 0 Å². The lowest BCUT2D eigenvalue weighted by molar-refractivity contribution is -0.116. The lowest BCUT2D eigenvalue weighted by Gasteiger charge is -2.15. The molecule has 6 heteroatoms. The zero-order valence-electron chi connectivity index (χ0n) is 14.3. The van der Waals surface area contributed by atoms with Gasteiger partial charge in [0.15, 0.2) is 11.5 Å². The highest BCUT2D eigenvalue weighted by atomic mass is 35.5. The molecule has 0 spiro atoms. The molecule has 1 aromatic rings. The van der Waals surface area contributed by atoms with E-state index in [1.54, 1.807) is 25.3 Å². The molecule has 0 aromatic heterocycles. The molecule has 1 aromatic carbocycles. The zero-order valence-corrected chi connectivity index (χ0v) is 15.1. The van der Waals surface area contributed by atoms with Gasteiger partial charge < -0.3 is 19.5 Å². The lowest BCUT2D eigenvalue weighted by Crippen LogP contribution is -2.30. The standard InChI is InChI=1S/C18H24ClNO4/c1-12(2)24-18-15(19)9-13(10-16(18)22-3)6-7-17(21)20-11-14-5-4-8-23-14/h6-7,9-10,12,14H,4-5,8,11H2,1-3H3,(H,20,21)/b7-6+. The predicted octanol–water partition coefficient (Wildman–Crippen LogP) is 3.44. The molecule has 1 aliphatic rings. The van der Waals surface area contributed by atoms with Crippen LogP contribution in [0.4, 0.5) is 0 Å². The summed E-state index contributed by atoms with van der Waals surface area (Å²) in [5, 5.41) is 3.28. The third-order valence-electron chi connectivity index (χ3n) is 3.56. The average Bonchev–Trinajstić information content (AvgIpc) is 3.06. The fraction of sp³-hybridized carbons (Fsp3) is 0.500. The Hall–Kier alpha value is -1.72. The monoisotopic (exact) mass is 353 g/mol. The summed E-state index contributed by atoms with van der Waals surface area (Å²) in [6, 6.07) is 3.53. The third kappa shape index (κ3) is 5.42. The first kappa shape index (κ1) is 18.6. The second-order valence-electron chi connectivity index (χ2n) is 5.91. The number of rotatable bonds is 7. The summed E-state index contributed by atoms with van der Waals surface area (Å²) >= 11 is 6.26. The molecule has 132 valence electrons. The number of nitrogens with one attached hydrogen (secondary N) is 1. The zero-order chi connectivity index (χ0) is 17.5. The minimum atomic E-state index is -0.164. The highest BCUT2D eigenvalue weighted by Gasteiger charge is 2.15. The van der Waals surface area contributed by atoms with E-state index in [1.807, 2.05) is 13.8 Å². The van der Waals surface area contributed by atoms with Crippen LogP contribution in [0.3, 0.4) is 0 Å². The highest BCUT2D eigenvalue weighted by molar-refractivity contribution is 6.32. The molecule has 24 heavy (non-hydrogen) atoms. The Morgan fingerprint density at radius 3 is 2.92 bits per heavy atom. The van der Waals surface area contributed by atoms with Crippen LogP contribution in [-0.4, -0.2) is 38.4 Å². The Balaban J connectivity index is 2.00. The first-order valence-corrected chi connectivity index (χ1v) is 8.49. The lowest BCUT2D eigenvalue weighted by atomic mass is 10.1. The summed E-state index contributed by atoms with van der Waals surface area (Å²) in [6.07, 6.45) is 5.33. The molecule has 1 unspecified atom stereocenters. The van der Waals surface area contributed by atoms with Crippen molar-refractivity contribution >= 4 is 23.6 Å². The molecule has 1 atom stereocenters. The highest BCUT2D eigenvalue weighted by Crippen LogP contribution is 2.37. The number of carbonyl (C=O) groups excluding carboxylic acids is 1. The molecule has 1 heterocycles. The van der Waals surface area contributed by atoms with E-state index < -0.39 is 0 Å². The molecule has 1 N–H and O–H groups in total. The largest absolute Gasteiger partial charge is 0.493 e. The van der Waals surface area contributed by atoms with Gasteiger partial charge in [-0.3, -0.25) is 4.79 Å². The van der Waals surface area contributed by atoms with Crippen molar-refractivity contribution in [3.63, 3.8) is 0 Å². The second kappa shape index (κ2) is 8.94. The molecule has 0 bridgehead atoms. The smallest absolute Gasteiger partial charge is 0.244 e. The number of amides is 1.